The second kappa shape index (κ2) is 8.25. The number of aryl methyl sites for hydroxylation is 2. The highest BCUT2D eigenvalue weighted by atomic mass is 16.5. The van der Waals surface area contributed by atoms with E-state index >= 15 is 0 Å². The predicted molar refractivity (Wildman–Crippen MR) is 116 cm³/mol. The third-order valence-corrected chi connectivity index (χ3v) is 5.65. The van der Waals surface area contributed by atoms with Gasteiger partial charge in [0.2, 0.25) is 5.88 Å². The Morgan fingerprint density at radius 3 is 2.68 bits per heavy atom. The molecule has 5 rings (SSSR count). The second-order valence-corrected chi connectivity index (χ2v) is 7.88. The molecule has 1 saturated heterocycles. The Morgan fingerprint density at radius 1 is 1.03 bits per heavy atom. The fourth-order valence-corrected chi connectivity index (χ4v) is 4.05. The Kier molecular flexibility index (Phi) is 5.15. The summed E-state index contributed by atoms with van der Waals surface area (Å²) in [5.74, 6) is 2.75. The smallest absolute Gasteiger partial charge is 0.218 e. The van der Waals surface area contributed by atoms with Crippen molar-refractivity contribution >= 4 is 16.7 Å². The van der Waals surface area contributed by atoms with Crippen molar-refractivity contribution in [2.24, 2.45) is 5.92 Å². The van der Waals surface area contributed by atoms with E-state index in [1.54, 1.807) is 18.7 Å². The maximum Gasteiger partial charge on any atom is 0.218 e. The summed E-state index contributed by atoms with van der Waals surface area (Å²) in [4.78, 5) is 23.9. The molecule has 9 heteroatoms. The molecule has 158 valence electrons. The first-order valence-corrected chi connectivity index (χ1v) is 10.5. The molecule has 0 aliphatic carbocycles. The Labute approximate surface area is 180 Å². The van der Waals surface area contributed by atoms with E-state index in [0.717, 1.165) is 59.9 Å². The molecule has 0 N–H and O–H groups in total. The second-order valence-electron chi connectivity index (χ2n) is 7.88. The third kappa shape index (κ3) is 4.03. The third-order valence-electron chi connectivity index (χ3n) is 5.65. The van der Waals surface area contributed by atoms with Crippen LogP contribution >= 0.6 is 0 Å². The Bertz CT molecular complexity index is 1190. The van der Waals surface area contributed by atoms with Crippen LogP contribution in [0.3, 0.4) is 0 Å². The van der Waals surface area contributed by atoms with E-state index in [1.807, 2.05) is 36.7 Å². The summed E-state index contributed by atoms with van der Waals surface area (Å²) in [5.41, 5.74) is 2.86. The van der Waals surface area contributed by atoms with E-state index in [4.69, 9.17) is 4.74 Å². The Hall–Kier alpha value is -3.62. The molecule has 1 aliphatic rings. The summed E-state index contributed by atoms with van der Waals surface area (Å²) < 4.78 is 7.83. The largest absolute Gasteiger partial charge is 0.477 e. The lowest BCUT2D eigenvalue weighted by molar-refractivity contribution is 0.215. The predicted octanol–water partition coefficient (Wildman–Crippen LogP) is 2.91. The van der Waals surface area contributed by atoms with Gasteiger partial charge in [0, 0.05) is 36.4 Å². The zero-order valence-corrected chi connectivity index (χ0v) is 17.6. The molecular weight excluding hydrogens is 392 g/mol. The lowest BCUT2D eigenvalue weighted by Crippen LogP contribution is -2.36. The van der Waals surface area contributed by atoms with E-state index in [1.165, 1.54) is 6.33 Å². The molecule has 4 aromatic heterocycles. The number of hydrogen-bond donors (Lipinski definition) is 0. The highest BCUT2D eigenvalue weighted by molar-refractivity contribution is 5.88. The molecule has 0 saturated carbocycles. The van der Waals surface area contributed by atoms with Crippen LogP contribution in [-0.2, 0) is 0 Å². The van der Waals surface area contributed by atoms with Crippen LogP contribution in [0.1, 0.15) is 24.2 Å². The zero-order valence-electron chi connectivity index (χ0n) is 17.6. The summed E-state index contributed by atoms with van der Waals surface area (Å²) in [7, 11) is 0. The first-order chi connectivity index (χ1) is 15.2. The van der Waals surface area contributed by atoms with E-state index in [2.05, 4.69) is 34.9 Å². The molecule has 0 spiro atoms. The molecule has 0 bridgehead atoms. The summed E-state index contributed by atoms with van der Waals surface area (Å²) in [6.07, 6.45) is 8.78. The van der Waals surface area contributed by atoms with E-state index in [-0.39, 0.29) is 0 Å². The van der Waals surface area contributed by atoms with Gasteiger partial charge in [-0.05, 0) is 44.7 Å². The van der Waals surface area contributed by atoms with Gasteiger partial charge in [-0.2, -0.15) is 5.10 Å². The highest BCUT2D eigenvalue weighted by Gasteiger charge is 2.22. The minimum absolute atomic E-state index is 0.470. The molecule has 4 aromatic rings. The van der Waals surface area contributed by atoms with Crippen LogP contribution in [0.5, 0.6) is 5.88 Å². The molecule has 0 aromatic carbocycles. The van der Waals surface area contributed by atoms with E-state index in [9.17, 15) is 0 Å². The number of rotatable bonds is 5. The molecule has 0 radical (unpaired) electrons. The summed E-state index contributed by atoms with van der Waals surface area (Å²) in [5, 5.41) is 5.53. The molecular formula is C22H24N8O. The van der Waals surface area contributed by atoms with Crippen LogP contribution in [0.2, 0.25) is 0 Å². The van der Waals surface area contributed by atoms with Crippen LogP contribution in [-0.4, -0.2) is 54.4 Å². The van der Waals surface area contributed by atoms with Crippen molar-refractivity contribution < 1.29 is 4.74 Å². The Balaban J connectivity index is 1.21. The van der Waals surface area contributed by atoms with Crippen LogP contribution in [0, 0.1) is 19.8 Å². The van der Waals surface area contributed by atoms with Crippen molar-refractivity contribution in [1.82, 2.24) is 34.7 Å². The van der Waals surface area contributed by atoms with Crippen molar-refractivity contribution in [2.75, 3.05) is 24.6 Å². The number of fused-ring (bicyclic) bond motifs is 1. The maximum absolute atomic E-state index is 6.02. The van der Waals surface area contributed by atoms with Gasteiger partial charge in [0.05, 0.1) is 24.0 Å². The lowest BCUT2D eigenvalue weighted by atomic mass is 9.97. The number of anilines is 1. The number of nitrogens with zero attached hydrogens (tertiary/aromatic N) is 8. The molecule has 1 aliphatic heterocycles. The topological polar surface area (TPSA) is 94.7 Å². The van der Waals surface area contributed by atoms with Gasteiger partial charge in [-0.1, -0.05) is 0 Å². The van der Waals surface area contributed by atoms with Crippen molar-refractivity contribution in [3.05, 3.63) is 54.6 Å². The fraction of sp³-hybridized carbons (Fsp3) is 0.364. The van der Waals surface area contributed by atoms with Gasteiger partial charge < -0.3 is 9.64 Å². The monoisotopic (exact) mass is 416 g/mol. The number of hydrogen-bond acceptors (Lipinski definition) is 8. The summed E-state index contributed by atoms with van der Waals surface area (Å²) in [6.45, 7) is 6.48. The van der Waals surface area contributed by atoms with Gasteiger partial charge in [0.25, 0.3) is 0 Å². The molecule has 31 heavy (non-hydrogen) atoms. The lowest BCUT2D eigenvalue weighted by Gasteiger charge is -2.33. The first-order valence-electron chi connectivity index (χ1n) is 10.5. The SMILES string of the molecule is Cc1cc(C)n(-c2cc(OCC3CCN(c4ncnc5cnccc45)CC3)ncn2)n1. The van der Waals surface area contributed by atoms with Gasteiger partial charge in [0.1, 0.15) is 18.5 Å². The van der Waals surface area contributed by atoms with E-state index < -0.39 is 0 Å². The van der Waals surface area contributed by atoms with Crippen LogP contribution in [0.4, 0.5) is 5.82 Å². The number of ether oxygens (including phenoxy) is 1. The zero-order chi connectivity index (χ0) is 21.2. The van der Waals surface area contributed by atoms with Gasteiger partial charge in [-0.3, -0.25) is 4.98 Å². The van der Waals surface area contributed by atoms with Crippen molar-refractivity contribution in [1.29, 1.82) is 0 Å². The standard InChI is InChI=1S/C22H24N8O/c1-15-9-16(2)30(28-15)20-10-21(26-14-25-20)31-12-17-4-7-29(8-5-17)22-18-3-6-23-11-19(18)24-13-27-22/h3,6,9-11,13-14,17H,4-5,7-8,12H2,1-2H3. The molecule has 1 fully saturated rings. The minimum atomic E-state index is 0.470. The molecule has 0 amide bonds. The van der Waals surface area contributed by atoms with Crippen molar-refractivity contribution in [3.63, 3.8) is 0 Å². The number of pyridine rings is 1. The summed E-state index contributed by atoms with van der Waals surface area (Å²) in [6, 6.07) is 5.85. The normalized spacial score (nSPS) is 14.8. The van der Waals surface area contributed by atoms with Crippen LogP contribution in [0.15, 0.2) is 43.2 Å². The quantitative estimate of drug-likeness (QED) is 0.490. The van der Waals surface area contributed by atoms with Crippen molar-refractivity contribution in [3.8, 4) is 11.7 Å². The Morgan fingerprint density at radius 2 is 1.87 bits per heavy atom. The molecule has 0 atom stereocenters. The van der Waals surface area contributed by atoms with Gasteiger partial charge in [-0.15, -0.1) is 0 Å². The molecule has 5 heterocycles. The maximum atomic E-state index is 6.02. The van der Waals surface area contributed by atoms with Crippen molar-refractivity contribution in [2.45, 2.75) is 26.7 Å². The van der Waals surface area contributed by atoms with E-state index in [0.29, 0.717) is 18.4 Å². The number of piperidine rings is 1. The van der Waals surface area contributed by atoms with Gasteiger partial charge >= 0.3 is 0 Å². The minimum Gasteiger partial charge on any atom is -0.477 e. The van der Waals surface area contributed by atoms with Crippen LogP contribution < -0.4 is 9.64 Å². The average molecular weight is 416 g/mol. The fourth-order valence-electron chi connectivity index (χ4n) is 4.05. The number of aromatic nitrogens is 7. The molecule has 9 nitrogen and oxygen atoms in total. The van der Waals surface area contributed by atoms with Gasteiger partial charge in [0.15, 0.2) is 5.82 Å². The molecule has 0 unspecified atom stereocenters. The highest BCUT2D eigenvalue weighted by Crippen LogP contribution is 2.27. The summed E-state index contributed by atoms with van der Waals surface area (Å²) >= 11 is 0. The van der Waals surface area contributed by atoms with Gasteiger partial charge in [-0.25, -0.2) is 24.6 Å². The first kappa shape index (κ1) is 19.3. The average Bonchev–Trinajstić information content (AvgIpc) is 3.16. The van der Waals surface area contributed by atoms with Crippen LogP contribution in [0.25, 0.3) is 16.7 Å².